The molecule has 0 unspecified atom stereocenters. The molecule has 0 aromatic heterocycles. The molecule has 0 radical (unpaired) electrons. The van der Waals surface area contributed by atoms with Crippen LogP contribution in [-0.4, -0.2) is 35.7 Å². The first-order valence-electron chi connectivity index (χ1n) is 5.56. The number of amides is 1. The molecule has 0 heterocycles. The van der Waals surface area contributed by atoms with E-state index < -0.39 is 0 Å². The largest absolute Gasteiger partial charge is 0.393 e. The number of rotatable bonds is 4. The van der Waals surface area contributed by atoms with Gasteiger partial charge in [-0.2, -0.15) is 0 Å². The fourth-order valence-corrected chi connectivity index (χ4v) is 1.53. The molecule has 4 heteroatoms. The van der Waals surface area contributed by atoms with Gasteiger partial charge in [-0.15, -0.1) is 0 Å². The van der Waals surface area contributed by atoms with Gasteiger partial charge in [-0.05, 0) is 39.5 Å². The van der Waals surface area contributed by atoms with Crippen LogP contribution in [-0.2, 0) is 4.79 Å². The molecule has 1 aliphatic carbocycles. The topological polar surface area (TPSA) is 61.4 Å². The number of carbonyl (C=O) groups is 1. The Kier molecular flexibility index (Phi) is 4.11. The zero-order valence-corrected chi connectivity index (χ0v) is 9.84. The van der Waals surface area contributed by atoms with Crippen molar-refractivity contribution in [2.45, 2.75) is 45.3 Å². The van der Waals surface area contributed by atoms with Crippen LogP contribution in [0.5, 0.6) is 0 Å². The van der Waals surface area contributed by atoms with Crippen molar-refractivity contribution in [1.82, 2.24) is 10.6 Å². The number of nitrogens with one attached hydrogen (secondary N) is 2. The van der Waals surface area contributed by atoms with Crippen molar-refractivity contribution >= 4 is 5.91 Å². The molecule has 3 N–H and O–H groups in total. The van der Waals surface area contributed by atoms with E-state index in [1.54, 1.807) is 0 Å². The van der Waals surface area contributed by atoms with Crippen LogP contribution < -0.4 is 10.6 Å². The molecule has 1 fully saturated rings. The molecule has 1 saturated carbocycles. The highest BCUT2D eigenvalue weighted by Crippen LogP contribution is 2.25. The summed E-state index contributed by atoms with van der Waals surface area (Å²) in [5.74, 6) is 0.505. The van der Waals surface area contributed by atoms with Gasteiger partial charge in [0.1, 0.15) is 0 Å². The third kappa shape index (κ3) is 5.14. The minimum absolute atomic E-state index is 0.0238. The zero-order valence-electron chi connectivity index (χ0n) is 9.84. The van der Waals surface area contributed by atoms with Gasteiger partial charge in [0.25, 0.3) is 0 Å². The Morgan fingerprint density at radius 2 is 2.00 bits per heavy atom. The molecule has 1 amide bonds. The Morgan fingerprint density at radius 3 is 2.47 bits per heavy atom. The summed E-state index contributed by atoms with van der Waals surface area (Å²) >= 11 is 0. The summed E-state index contributed by atoms with van der Waals surface area (Å²) in [6, 6.07) is 0. The van der Waals surface area contributed by atoms with E-state index in [1.807, 2.05) is 20.8 Å². The van der Waals surface area contributed by atoms with Crippen LogP contribution in [0.15, 0.2) is 0 Å². The summed E-state index contributed by atoms with van der Waals surface area (Å²) in [4.78, 5) is 11.4. The highest BCUT2D eigenvalue weighted by molar-refractivity contribution is 5.78. The molecule has 15 heavy (non-hydrogen) atoms. The van der Waals surface area contributed by atoms with E-state index in [0.717, 1.165) is 12.8 Å². The van der Waals surface area contributed by atoms with Gasteiger partial charge in [-0.1, -0.05) is 0 Å². The molecule has 0 spiro atoms. The first-order valence-corrected chi connectivity index (χ1v) is 5.56. The fourth-order valence-electron chi connectivity index (χ4n) is 1.53. The molecule has 0 aromatic carbocycles. The predicted octanol–water partition coefficient (Wildman–Crippen LogP) is 0.262. The van der Waals surface area contributed by atoms with Crippen molar-refractivity contribution in [2.24, 2.45) is 5.92 Å². The van der Waals surface area contributed by atoms with E-state index in [-0.39, 0.29) is 17.6 Å². The van der Waals surface area contributed by atoms with E-state index in [0.29, 0.717) is 19.0 Å². The maximum Gasteiger partial charge on any atom is 0.233 e. The molecule has 0 saturated heterocycles. The standard InChI is InChI=1S/C11H22N2O2/c1-11(2,3)13-7-10(15)12-6-8-4-9(14)5-8/h8-9,13-14H,4-7H2,1-3H3,(H,12,15). The highest BCUT2D eigenvalue weighted by Gasteiger charge is 2.27. The highest BCUT2D eigenvalue weighted by atomic mass is 16.3. The second-order valence-electron chi connectivity index (χ2n) is 5.40. The Morgan fingerprint density at radius 1 is 1.40 bits per heavy atom. The summed E-state index contributed by atoms with van der Waals surface area (Å²) < 4.78 is 0. The van der Waals surface area contributed by atoms with Crippen LogP contribution in [0, 0.1) is 5.92 Å². The van der Waals surface area contributed by atoms with Gasteiger partial charge in [0.05, 0.1) is 12.6 Å². The van der Waals surface area contributed by atoms with Gasteiger partial charge in [0, 0.05) is 12.1 Å². The van der Waals surface area contributed by atoms with Gasteiger partial charge in [-0.3, -0.25) is 4.79 Å². The van der Waals surface area contributed by atoms with Crippen molar-refractivity contribution in [3.8, 4) is 0 Å². The van der Waals surface area contributed by atoms with Crippen molar-refractivity contribution in [3.05, 3.63) is 0 Å². The number of aliphatic hydroxyl groups excluding tert-OH is 1. The normalized spacial score (nSPS) is 25.9. The molecule has 4 nitrogen and oxygen atoms in total. The van der Waals surface area contributed by atoms with Gasteiger partial charge < -0.3 is 15.7 Å². The maximum atomic E-state index is 11.4. The van der Waals surface area contributed by atoms with Crippen LogP contribution in [0.1, 0.15) is 33.6 Å². The van der Waals surface area contributed by atoms with Gasteiger partial charge >= 0.3 is 0 Å². The molecule has 0 atom stereocenters. The Bertz CT molecular complexity index is 217. The SMILES string of the molecule is CC(C)(C)NCC(=O)NCC1CC(O)C1. The fraction of sp³-hybridized carbons (Fsp3) is 0.909. The van der Waals surface area contributed by atoms with Gasteiger partial charge in [0.15, 0.2) is 0 Å². The third-order valence-corrected chi connectivity index (χ3v) is 2.58. The van der Waals surface area contributed by atoms with Gasteiger partial charge in [-0.25, -0.2) is 0 Å². The lowest BCUT2D eigenvalue weighted by atomic mass is 9.82. The van der Waals surface area contributed by atoms with E-state index in [2.05, 4.69) is 10.6 Å². The van der Waals surface area contributed by atoms with E-state index in [1.165, 1.54) is 0 Å². The summed E-state index contributed by atoms with van der Waals surface area (Å²) in [7, 11) is 0. The number of carbonyl (C=O) groups excluding carboxylic acids is 1. The van der Waals surface area contributed by atoms with Crippen LogP contribution in [0.2, 0.25) is 0 Å². The minimum atomic E-state index is -0.139. The molecule has 1 aliphatic rings. The Labute approximate surface area is 91.4 Å². The molecule has 0 bridgehead atoms. The molecule has 0 aliphatic heterocycles. The maximum absolute atomic E-state index is 11.4. The molecule has 0 aromatic rings. The Hall–Kier alpha value is -0.610. The smallest absolute Gasteiger partial charge is 0.233 e. The van der Waals surface area contributed by atoms with Crippen LogP contribution in [0.25, 0.3) is 0 Å². The monoisotopic (exact) mass is 214 g/mol. The quantitative estimate of drug-likeness (QED) is 0.629. The third-order valence-electron chi connectivity index (χ3n) is 2.58. The molecular formula is C11H22N2O2. The molecular weight excluding hydrogens is 192 g/mol. The first kappa shape index (κ1) is 12.5. The van der Waals surface area contributed by atoms with Crippen molar-refractivity contribution in [1.29, 1.82) is 0 Å². The summed E-state index contributed by atoms with van der Waals surface area (Å²) in [5, 5.41) is 15.1. The Balaban J connectivity index is 2.04. The molecule has 1 rings (SSSR count). The predicted molar refractivity (Wildman–Crippen MR) is 59.5 cm³/mol. The summed E-state index contributed by atoms with van der Waals surface area (Å²) in [5.41, 5.74) is -0.0238. The van der Waals surface area contributed by atoms with E-state index in [4.69, 9.17) is 5.11 Å². The second kappa shape index (κ2) is 4.94. The molecule has 88 valence electrons. The lowest BCUT2D eigenvalue weighted by Gasteiger charge is -2.31. The first-order chi connectivity index (χ1) is 6.87. The van der Waals surface area contributed by atoms with Crippen LogP contribution >= 0.6 is 0 Å². The van der Waals surface area contributed by atoms with Gasteiger partial charge in [0.2, 0.25) is 5.91 Å². The second-order valence-corrected chi connectivity index (χ2v) is 5.40. The number of hydrogen-bond donors (Lipinski definition) is 3. The van der Waals surface area contributed by atoms with Crippen LogP contribution in [0.4, 0.5) is 0 Å². The van der Waals surface area contributed by atoms with E-state index >= 15 is 0 Å². The summed E-state index contributed by atoms with van der Waals surface area (Å²) in [6.45, 7) is 7.15. The average Bonchev–Trinajstić information content (AvgIpc) is 2.06. The number of hydrogen-bond acceptors (Lipinski definition) is 3. The van der Waals surface area contributed by atoms with Crippen molar-refractivity contribution < 1.29 is 9.90 Å². The van der Waals surface area contributed by atoms with Crippen molar-refractivity contribution in [2.75, 3.05) is 13.1 Å². The van der Waals surface area contributed by atoms with Crippen LogP contribution in [0.3, 0.4) is 0 Å². The van der Waals surface area contributed by atoms with Crippen molar-refractivity contribution in [3.63, 3.8) is 0 Å². The minimum Gasteiger partial charge on any atom is -0.393 e. The lowest BCUT2D eigenvalue weighted by molar-refractivity contribution is -0.121. The lowest BCUT2D eigenvalue weighted by Crippen LogP contribution is -2.45. The summed E-state index contributed by atoms with van der Waals surface area (Å²) in [6.07, 6.45) is 1.51. The van der Waals surface area contributed by atoms with E-state index in [9.17, 15) is 4.79 Å². The average molecular weight is 214 g/mol. The zero-order chi connectivity index (χ0) is 11.5. The number of aliphatic hydroxyl groups is 1.